The number of fused-ring (bicyclic) bond motifs is 1. The van der Waals surface area contributed by atoms with Gasteiger partial charge in [-0.15, -0.1) is 0 Å². The van der Waals surface area contributed by atoms with E-state index in [1.807, 2.05) is 35.0 Å². The Bertz CT molecular complexity index is 715. The first-order valence-electron chi connectivity index (χ1n) is 6.44. The minimum atomic E-state index is 0.506. The van der Waals surface area contributed by atoms with Gasteiger partial charge in [0.1, 0.15) is 11.6 Å². The molecule has 96 valence electrons. The summed E-state index contributed by atoms with van der Waals surface area (Å²) in [4.78, 5) is 9.04. The average molecular weight is 252 g/mol. The predicted molar refractivity (Wildman–Crippen MR) is 76.1 cm³/mol. The summed E-state index contributed by atoms with van der Waals surface area (Å²) < 4.78 is 2.02. The van der Waals surface area contributed by atoms with Crippen LogP contribution in [0.25, 0.3) is 16.7 Å². The summed E-state index contributed by atoms with van der Waals surface area (Å²) in [5.74, 6) is 1.89. The molecule has 19 heavy (non-hydrogen) atoms. The van der Waals surface area contributed by atoms with Crippen molar-refractivity contribution >= 4 is 10.9 Å². The molecule has 0 saturated heterocycles. The topological polar surface area (TPSA) is 56.7 Å². The highest BCUT2D eigenvalue weighted by atomic mass is 15.1. The van der Waals surface area contributed by atoms with Gasteiger partial charge in [-0.1, -0.05) is 25.1 Å². The van der Waals surface area contributed by atoms with Gasteiger partial charge in [0.15, 0.2) is 0 Å². The Kier molecular flexibility index (Phi) is 3.01. The molecule has 2 N–H and O–H groups in total. The van der Waals surface area contributed by atoms with E-state index in [0.717, 1.165) is 34.5 Å². The van der Waals surface area contributed by atoms with E-state index in [-0.39, 0.29) is 0 Å². The van der Waals surface area contributed by atoms with Crippen molar-refractivity contribution in [3.63, 3.8) is 0 Å². The van der Waals surface area contributed by atoms with Crippen molar-refractivity contribution in [3.8, 4) is 5.82 Å². The summed E-state index contributed by atoms with van der Waals surface area (Å²) in [7, 11) is 0. The highest BCUT2D eigenvalue weighted by Crippen LogP contribution is 2.20. The van der Waals surface area contributed by atoms with Gasteiger partial charge in [0.25, 0.3) is 0 Å². The molecule has 0 spiro atoms. The van der Waals surface area contributed by atoms with Crippen molar-refractivity contribution in [3.05, 3.63) is 54.1 Å². The normalized spacial score (nSPS) is 11.1. The molecule has 0 radical (unpaired) electrons. The van der Waals surface area contributed by atoms with Crippen molar-refractivity contribution in [2.24, 2.45) is 5.73 Å². The maximum absolute atomic E-state index is 5.86. The zero-order valence-corrected chi connectivity index (χ0v) is 10.9. The quantitative estimate of drug-likeness (QED) is 0.779. The molecular weight excluding hydrogens is 236 g/mol. The number of hydrogen-bond donors (Lipinski definition) is 1. The number of pyridine rings is 1. The molecule has 0 aliphatic heterocycles. The van der Waals surface area contributed by atoms with Crippen LogP contribution in [0.1, 0.15) is 18.3 Å². The minimum absolute atomic E-state index is 0.506. The van der Waals surface area contributed by atoms with E-state index in [4.69, 9.17) is 10.7 Å². The lowest BCUT2D eigenvalue weighted by molar-refractivity contribution is 0.868. The highest BCUT2D eigenvalue weighted by molar-refractivity contribution is 5.83. The zero-order valence-electron chi connectivity index (χ0n) is 10.9. The molecule has 2 aromatic heterocycles. The fourth-order valence-corrected chi connectivity index (χ4v) is 2.33. The van der Waals surface area contributed by atoms with Crippen LogP contribution in [0.2, 0.25) is 0 Å². The summed E-state index contributed by atoms with van der Waals surface area (Å²) in [5, 5.41) is 1.12. The van der Waals surface area contributed by atoms with E-state index >= 15 is 0 Å². The Labute approximate surface area is 111 Å². The van der Waals surface area contributed by atoms with Crippen LogP contribution in [0.15, 0.2) is 42.7 Å². The average Bonchev–Trinajstić information content (AvgIpc) is 2.94. The molecule has 0 fully saturated rings. The van der Waals surface area contributed by atoms with E-state index in [2.05, 4.69) is 18.0 Å². The molecule has 0 atom stereocenters. The van der Waals surface area contributed by atoms with Gasteiger partial charge in [-0.25, -0.2) is 9.97 Å². The fourth-order valence-electron chi connectivity index (χ4n) is 2.33. The Balaban J connectivity index is 2.25. The summed E-state index contributed by atoms with van der Waals surface area (Å²) in [5.41, 5.74) is 7.93. The molecular formula is C15H16N4. The predicted octanol–water partition coefficient (Wildman–Crippen LogP) is 2.44. The van der Waals surface area contributed by atoms with Gasteiger partial charge in [-0.2, -0.15) is 0 Å². The second-order valence-corrected chi connectivity index (χ2v) is 4.43. The number of para-hydroxylation sites is 1. The lowest BCUT2D eigenvalue weighted by Gasteiger charge is -2.10. The van der Waals surface area contributed by atoms with Gasteiger partial charge < -0.3 is 5.73 Å². The molecule has 4 nitrogen and oxygen atoms in total. The third-order valence-electron chi connectivity index (χ3n) is 3.29. The number of nitrogens with zero attached hydrogens (tertiary/aromatic N) is 3. The Hall–Kier alpha value is -2.20. The number of rotatable bonds is 3. The number of imidazole rings is 1. The van der Waals surface area contributed by atoms with E-state index < -0.39 is 0 Å². The maximum Gasteiger partial charge on any atom is 0.139 e. The number of nitrogens with two attached hydrogens (primary N) is 1. The molecule has 3 rings (SSSR count). The Morgan fingerprint density at radius 1 is 1.26 bits per heavy atom. The minimum Gasteiger partial charge on any atom is -0.326 e. The SMILES string of the molecule is CCc1nccn1-c1cc(CN)c2ccccc2n1. The third kappa shape index (κ3) is 2.00. The molecule has 0 saturated carbocycles. The second-order valence-electron chi connectivity index (χ2n) is 4.43. The van der Waals surface area contributed by atoms with E-state index in [9.17, 15) is 0 Å². The molecule has 0 bridgehead atoms. The van der Waals surface area contributed by atoms with Crippen LogP contribution in [0.3, 0.4) is 0 Å². The lowest BCUT2D eigenvalue weighted by atomic mass is 10.1. The van der Waals surface area contributed by atoms with E-state index in [0.29, 0.717) is 6.54 Å². The third-order valence-corrected chi connectivity index (χ3v) is 3.29. The highest BCUT2D eigenvalue weighted by Gasteiger charge is 2.08. The smallest absolute Gasteiger partial charge is 0.139 e. The summed E-state index contributed by atoms with van der Waals surface area (Å²) >= 11 is 0. The lowest BCUT2D eigenvalue weighted by Crippen LogP contribution is -2.05. The van der Waals surface area contributed by atoms with Crippen molar-refractivity contribution in [1.29, 1.82) is 0 Å². The van der Waals surface area contributed by atoms with Gasteiger partial charge in [-0.05, 0) is 17.7 Å². The first kappa shape index (κ1) is 11.9. The molecule has 0 aliphatic rings. The van der Waals surface area contributed by atoms with Crippen molar-refractivity contribution in [1.82, 2.24) is 14.5 Å². The van der Waals surface area contributed by atoms with Gasteiger partial charge >= 0.3 is 0 Å². The molecule has 4 heteroatoms. The molecule has 1 aromatic carbocycles. The standard InChI is InChI=1S/C15H16N4/c1-2-14-17-7-8-19(14)15-9-11(10-16)12-5-3-4-6-13(12)18-15/h3-9H,2,10,16H2,1H3. The molecule has 0 unspecified atom stereocenters. The van der Waals surface area contributed by atoms with Crippen LogP contribution < -0.4 is 5.73 Å². The summed E-state index contributed by atoms with van der Waals surface area (Å²) in [6.45, 7) is 2.59. The van der Waals surface area contributed by atoms with E-state index in [1.165, 1.54) is 0 Å². The Morgan fingerprint density at radius 2 is 2.11 bits per heavy atom. The summed E-state index contributed by atoms with van der Waals surface area (Å²) in [6, 6.07) is 10.1. The number of benzene rings is 1. The van der Waals surface area contributed by atoms with Gasteiger partial charge in [0.2, 0.25) is 0 Å². The first-order valence-corrected chi connectivity index (χ1v) is 6.44. The second kappa shape index (κ2) is 4.82. The zero-order chi connectivity index (χ0) is 13.2. The first-order chi connectivity index (χ1) is 9.33. The number of aromatic nitrogens is 3. The molecule has 2 heterocycles. The molecule has 3 aromatic rings. The Morgan fingerprint density at radius 3 is 2.89 bits per heavy atom. The largest absolute Gasteiger partial charge is 0.326 e. The van der Waals surface area contributed by atoms with Crippen LogP contribution in [0.5, 0.6) is 0 Å². The van der Waals surface area contributed by atoms with Gasteiger partial charge in [0.05, 0.1) is 5.52 Å². The van der Waals surface area contributed by atoms with E-state index in [1.54, 1.807) is 6.20 Å². The van der Waals surface area contributed by atoms with Crippen LogP contribution in [0, 0.1) is 0 Å². The van der Waals surface area contributed by atoms with Gasteiger partial charge in [-0.3, -0.25) is 4.57 Å². The molecule has 0 amide bonds. The van der Waals surface area contributed by atoms with Crippen molar-refractivity contribution in [2.75, 3.05) is 0 Å². The van der Waals surface area contributed by atoms with Crippen molar-refractivity contribution < 1.29 is 0 Å². The maximum atomic E-state index is 5.86. The monoisotopic (exact) mass is 252 g/mol. The molecule has 0 aliphatic carbocycles. The van der Waals surface area contributed by atoms with Crippen LogP contribution in [-0.4, -0.2) is 14.5 Å². The summed E-state index contributed by atoms with van der Waals surface area (Å²) in [6.07, 6.45) is 4.62. The van der Waals surface area contributed by atoms with Crippen LogP contribution in [0.4, 0.5) is 0 Å². The fraction of sp³-hybridized carbons (Fsp3) is 0.200. The number of aryl methyl sites for hydroxylation is 1. The van der Waals surface area contributed by atoms with Crippen molar-refractivity contribution in [2.45, 2.75) is 19.9 Å². The van der Waals surface area contributed by atoms with Gasteiger partial charge in [0, 0.05) is 30.7 Å². The van der Waals surface area contributed by atoms with Crippen LogP contribution >= 0.6 is 0 Å². The number of hydrogen-bond acceptors (Lipinski definition) is 3. The van der Waals surface area contributed by atoms with Crippen LogP contribution in [-0.2, 0) is 13.0 Å².